The molecule has 0 aliphatic carbocycles. The summed E-state index contributed by atoms with van der Waals surface area (Å²) in [5.74, 6) is -1.02. The van der Waals surface area contributed by atoms with Crippen LogP contribution in [0.2, 0.25) is 0 Å². The van der Waals surface area contributed by atoms with E-state index in [0.29, 0.717) is 0 Å². The van der Waals surface area contributed by atoms with Gasteiger partial charge in [-0.25, -0.2) is 4.98 Å². The number of piperazine rings is 1. The van der Waals surface area contributed by atoms with E-state index in [2.05, 4.69) is 19.4 Å². The van der Waals surface area contributed by atoms with E-state index in [4.69, 9.17) is 9.84 Å². The lowest BCUT2D eigenvalue weighted by Crippen LogP contribution is -2.47. The average molecular weight is 465 g/mol. The fraction of sp³-hybridized carbons (Fsp3) is 0.360. The van der Waals surface area contributed by atoms with E-state index in [-0.39, 0.29) is 35.2 Å². The second kappa shape index (κ2) is 9.46. The van der Waals surface area contributed by atoms with Crippen molar-refractivity contribution in [2.24, 2.45) is 0 Å². The van der Waals surface area contributed by atoms with Crippen molar-refractivity contribution in [1.29, 1.82) is 0 Å². The Morgan fingerprint density at radius 3 is 2.56 bits per heavy atom. The van der Waals surface area contributed by atoms with Gasteiger partial charge >= 0.3 is 0 Å². The van der Waals surface area contributed by atoms with Crippen LogP contribution < -0.4 is 4.74 Å². The summed E-state index contributed by atoms with van der Waals surface area (Å²) >= 11 is 0. The molecule has 0 amide bonds. The Labute approximate surface area is 197 Å². The lowest BCUT2D eigenvalue weighted by Gasteiger charge is -2.34. The molecule has 5 rings (SSSR count). The van der Waals surface area contributed by atoms with Crippen molar-refractivity contribution in [3.8, 4) is 17.2 Å². The van der Waals surface area contributed by atoms with Crippen molar-refractivity contribution in [2.75, 3.05) is 45.9 Å². The van der Waals surface area contributed by atoms with Gasteiger partial charge < -0.3 is 29.5 Å². The lowest BCUT2D eigenvalue weighted by molar-refractivity contribution is 0.101. The van der Waals surface area contributed by atoms with Crippen LogP contribution in [0.25, 0.3) is 17.1 Å². The number of aromatic nitrogens is 2. The monoisotopic (exact) mass is 464 g/mol. The number of β-amino-alcohol motifs (C(OH)–C–C–N with tert-alkyl or cyclic N) is 1. The van der Waals surface area contributed by atoms with Gasteiger partial charge in [-0.1, -0.05) is 0 Å². The van der Waals surface area contributed by atoms with Gasteiger partial charge in [-0.2, -0.15) is 0 Å². The molecule has 9 heteroatoms. The van der Waals surface area contributed by atoms with Crippen LogP contribution in [0.4, 0.5) is 0 Å². The number of pyridine rings is 1. The lowest BCUT2D eigenvalue weighted by atomic mass is 10.1. The van der Waals surface area contributed by atoms with Crippen molar-refractivity contribution < 1.29 is 24.9 Å². The van der Waals surface area contributed by atoms with Gasteiger partial charge in [0.15, 0.2) is 17.3 Å². The highest BCUT2D eigenvalue weighted by Crippen LogP contribution is 2.44. The Bertz CT molecular complexity index is 1240. The average Bonchev–Trinajstić information content (AvgIpc) is 3.36. The zero-order chi connectivity index (χ0) is 23.7. The molecule has 1 saturated heterocycles. The van der Waals surface area contributed by atoms with Gasteiger partial charge in [-0.3, -0.25) is 9.69 Å². The van der Waals surface area contributed by atoms with Crippen LogP contribution in [0.1, 0.15) is 22.3 Å². The quantitative estimate of drug-likeness (QED) is 0.360. The highest BCUT2D eigenvalue weighted by Gasteiger charge is 2.31. The maximum atomic E-state index is 12.8. The molecule has 0 unspecified atom stereocenters. The molecule has 0 atom stereocenters. The number of aryl methyl sites for hydroxylation is 1. The van der Waals surface area contributed by atoms with Crippen LogP contribution in [-0.2, 0) is 6.54 Å². The molecule has 9 nitrogen and oxygen atoms in total. The third-order valence-electron chi connectivity index (χ3n) is 6.50. The first-order valence-electron chi connectivity index (χ1n) is 11.5. The largest absolute Gasteiger partial charge is 0.504 e. The number of ether oxygens (including phenoxy) is 1. The number of rotatable bonds is 7. The molecular weight excluding hydrogens is 436 g/mol. The number of carbonyl (C=O) groups excluding carboxylic acids is 1. The number of aromatic hydroxyl groups is 2. The second-order valence-electron chi connectivity index (χ2n) is 8.66. The highest BCUT2D eigenvalue weighted by atomic mass is 16.5. The molecule has 1 fully saturated rings. The molecule has 0 saturated carbocycles. The minimum absolute atomic E-state index is 0.0165. The third-order valence-corrected chi connectivity index (χ3v) is 6.50. The second-order valence-corrected chi connectivity index (χ2v) is 8.66. The molecule has 2 aliphatic heterocycles. The number of Topliss-reactive ketones (excluding diaryl/α,β-unsaturated/α-hetero) is 1. The summed E-state index contributed by atoms with van der Waals surface area (Å²) in [4.78, 5) is 22.1. The van der Waals surface area contributed by atoms with Gasteiger partial charge in [0.05, 0.1) is 12.2 Å². The van der Waals surface area contributed by atoms with E-state index in [0.717, 1.165) is 68.8 Å². The smallest absolute Gasteiger partial charge is 0.232 e. The molecule has 4 heterocycles. The maximum Gasteiger partial charge on any atom is 0.232 e. The van der Waals surface area contributed by atoms with Gasteiger partial charge in [0.1, 0.15) is 5.65 Å². The van der Waals surface area contributed by atoms with Crippen LogP contribution in [-0.4, -0.2) is 86.3 Å². The van der Waals surface area contributed by atoms with Gasteiger partial charge in [0, 0.05) is 62.6 Å². The molecular formula is C25H28N4O5. The summed E-state index contributed by atoms with van der Waals surface area (Å²) in [6.07, 6.45) is 6.36. The van der Waals surface area contributed by atoms with E-state index in [1.807, 2.05) is 18.3 Å². The van der Waals surface area contributed by atoms with E-state index in [1.165, 1.54) is 12.1 Å². The summed E-state index contributed by atoms with van der Waals surface area (Å²) in [7, 11) is 0. The van der Waals surface area contributed by atoms with Crippen LogP contribution in [0.3, 0.4) is 0 Å². The zero-order valence-electron chi connectivity index (χ0n) is 18.9. The number of phenols is 2. The summed E-state index contributed by atoms with van der Waals surface area (Å²) in [5, 5.41) is 29.8. The van der Waals surface area contributed by atoms with Crippen molar-refractivity contribution in [3.63, 3.8) is 0 Å². The van der Waals surface area contributed by atoms with Crippen LogP contribution in [0, 0.1) is 0 Å². The first-order chi connectivity index (χ1) is 16.5. The molecule has 2 aliphatic rings. The fourth-order valence-electron chi connectivity index (χ4n) is 4.65. The molecule has 2 aromatic heterocycles. The number of hydrogen-bond donors (Lipinski definition) is 3. The molecule has 0 spiro atoms. The van der Waals surface area contributed by atoms with Crippen molar-refractivity contribution in [2.45, 2.75) is 13.0 Å². The molecule has 0 bridgehead atoms. The predicted molar refractivity (Wildman–Crippen MR) is 127 cm³/mol. The molecule has 1 aromatic carbocycles. The summed E-state index contributed by atoms with van der Waals surface area (Å²) in [6, 6.07) is 6.54. The van der Waals surface area contributed by atoms with E-state index >= 15 is 0 Å². The topological polar surface area (TPSA) is 111 Å². The molecule has 178 valence electrons. The number of benzene rings is 1. The number of aliphatic hydroxyl groups is 1. The number of fused-ring (bicyclic) bond motifs is 2. The highest BCUT2D eigenvalue weighted by molar-refractivity contribution is 6.15. The van der Waals surface area contributed by atoms with Gasteiger partial charge in [0.2, 0.25) is 11.5 Å². The number of hydrogen-bond acceptors (Lipinski definition) is 8. The van der Waals surface area contributed by atoms with E-state index in [9.17, 15) is 15.0 Å². The molecule has 34 heavy (non-hydrogen) atoms. The Hall–Kier alpha value is -3.40. The van der Waals surface area contributed by atoms with Crippen molar-refractivity contribution >= 4 is 22.9 Å². The normalized spacial score (nSPS) is 18.0. The summed E-state index contributed by atoms with van der Waals surface area (Å²) in [6.45, 7) is 6.69. The van der Waals surface area contributed by atoms with Crippen LogP contribution in [0.15, 0.2) is 42.4 Å². The van der Waals surface area contributed by atoms with Gasteiger partial charge in [0.25, 0.3) is 0 Å². The Morgan fingerprint density at radius 1 is 1.03 bits per heavy atom. The number of aliphatic hydroxyl groups excluding tert-OH is 1. The number of phenolic OH excluding ortho intramolecular Hbond substituents is 2. The standard InChI is InChI=1S/C25H28N4O5/c30-14-13-28-11-9-27(10-12-28)7-2-8-29-16-17(18-3-1-6-26-25(18)29)15-21-22(32)19-4-5-20(31)23(33)24(19)34-21/h1,3-6,15-16,30-31,33H,2,7-14H2/b21-15-. The summed E-state index contributed by atoms with van der Waals surface area (Å²) < 4.78 is 7.72. The molecule has 3 N–H and O–H groups in total. The zero-order valence-corrected chi connectivity index (χ0v) is 18.9. The fourth-order valence-corrected chi connectivity index (χ4v) is 4.65. The number of carbonyl (C=O) groups is 1. The maximum absolute atomic E-state index is 12.8. The molecule has 0 radical (unpaired) electrons. The molecule has 3 aromatic rings. The third kappa shape index (κ3) is 4.25. The first-order valence-corrected chi connectivity index (χ1v) is 11.5. The minimum Gasteiger partial charge on any atom is -0.504 e. The van der Waals surface area contributed by atoms with Gasteiger partial charge in [-0.15, -0.1) is 0 Å². The number of allylic oxidation sites excluding steroid dienone is 1. The minimum atomic E-state index is -0.435. The number of nitrogens with zero attached hydrogens (tertiary/aromatic N) is 4. The van der Waals surface area contributed by atoms with Crippen molar-refractivity contribution in [1.82, 2.24) is 19.4 Å². The van der Waals surface area contributed by atoms with E-state index in [1.54, 1.807) is 12.3 Å². The van der Waals surface area contributed by atoms with Crippen LogP contribution in [0.5, 0.6) is 17.2 Å². The Morgan fingerprint density at radius 2 is 1.79 bits per heavy atom. The van der Waals surface area contributed by atoms with Crippen LogP contribution >= 0.6 is 0 Å². The predicted octanol–water partition coefficient (Wildman–Crippen LogP) is 2.06. The first kappa shape index (κ1) is 22.4. The Balaban J connectivity index is 1.31. The Kier molecular flexibility index (Phi) is 6.23. The van der Waals surface area contributed by atoms with Gasteiger partial charge in [-0.05, 0) is 43.3 Å². The van der Waals surface area contributed by atoms with E-state index < -0.39 is 5.75 Å². The summed E-state index contributed by atoms with van der Waals surface area (Å²) in [5.41, 5.74) is 1.87. The SMILES string of the molecule is O=C1/C(=C/c2cn(CCCN3CCN(CCO)CC3)c3ncccc23)Oc2c1ccc(O)c2O. The number of ketones is 1. The van der Waals surface area contributed by atoms with Crippen molar-refractivity contribution in [3.05, 3.63) is 53.5 Å².